The van der Waals surface area contributed by atoms with Gasteiger partial charge in [-0.2, -0.15) is 4.98 Å². The first-order valence-corrected chi connectivity index (χ1v) is 10.0. The van der Waals surface area contributed by atoms with Gasteiger partial charge in [-0.3, -0.25) is 9.20 Å². The molecule has 1 saturated heterocycles. The number of benzene rings is 1. The molecule has 1 amide bonds. The van der Waals surface area contributed by atoms with E-state index in [1.807, 2.05) is 60.0 Å². The minimum atomic E-state index is -0.0671. The Morgan fingerprint density at radius 1 is 1.14 bits per heavy atom. The molecular weight excluding hydrogens is 366 g/mol. The molecule has 0 atom stereocenters. The van der Waals surface area contributed by atoms with Crippen LogP contribution >= 0.6 is 0 Å². The number of imidazole rings is 1. The van der Waals surface area contributed by atoms with E-state index in [-0.39, 0.29) is 5.91 Å². The highest BCUT2D eigenvalue weighted by Gasteiger charge is 2.24. The Balaban J connectivity index is 1.20. The number of nitrogens with zero attached hydrogens (tertiary/aromatic N) is 4. The quantitative estimate of drug-likeness (QED) is 0.579. The maximum Gasteiger partial charge on any atom is 0.298 e. The summed E-state index contributed by atoms with van der Waals surface area (Å²) < 4.78 is 7.73. The number of amides is 1. The lowest BCUT2D eigenvalue weighted by atomic mass is 9.97. The smallest absolute Gasteiger partial charge is 0.298 e. The van der Waals surface area contributed by atoms with Crippen molar-refractivity contribution < 1.29 is 9.21 Å². The number of hydrogen-bond donors (Lipinski definition) is 1. The van der Waals surface area contributed by atoms with Crippen molar-refractivity contribution in [1.82, 2.24) is 19.7 Å². The van der Waals surface area contributed by atoms with Gasteiger partial charge in [0.25, 0.3) is 11.9 Å². The number of carbonyl (C=O) groups is 1. The summed E-state index contributed by atoms with van der Waals surface area (Å²) in [6.45, 7) is 4.30. The molecule has 1 aliphatic heterocycles. The molecule has 29 heavy (non-hydrogen) atoms. The molecule has 1 aliphatic rings. The molecule has 0 unspecified atom stereocenters. The second-order valence-electron chi connectivity index (χ2n) is 7.58. The number of rotatable bonds is 4. The lowest BCUT2D eigenvalue weighted by Gasteiger charge is -2.30. The Morgan fingerprint density at radius 3 is 2.76 bits per heavy atom. The number of aromatic nitrogens is 3. The predicted octanol–water partition coefficient (Wildman–Crippen LogP) is 3.43. The Bertz CT molecular complexity index is 1140. The van der Waals surface area contributed by atoms with Crippen LogP contribution in [-0.4, -0.2) is 39.9 Å². The Hall–Kier alpha value is -3.35. The number of anilines is 1. The Labute approximate surface area is 168 Å². The number of pyridine rings is 1. The molecule has 7 heteroatoms. The molecule has 0 saturated carbocycles. The van der Waals surface area contributed by atoms with Crippen molar-refractivity contribution in [3.05, 3.63) is 60.0 Å². The van der Waals surface area contributed by atoms with E-state index in [0.29, 0.717) is 24.2 Å². The number of nitrogens with one attached hydrogen (secondary N) is 1. The fraction of sp³-hybridized carbons (Fsp3) is 0.318. The molecule has 1 aromatic carbocycles. The van der Waals surface area contributed by atoms with Crippen molar-refractivity contribution in [2.24, 2.45) is 5.92 Å². The van der Waals surface area contributed by atoms with Gasteiger partial charge >= 0.3 is 0 Å². The second-order valence-corrected chi connectivity index (χ2v) is 7.58. The molecular formula is C22H23N5O2. The van der Waals surface area contributed by atoms with Gasteiger partial charge in [-0.1, -0.05) is 18.2 Å². The largest absolute Gasteiger partial charge is 0.423 e. The highest BCUT2D eigenvalue weighted by molar-refractivity contribution is 5.94. The maximum atomic E-state index is 12.8. The fourth-order valence-electron chi connectivity index (χ4n) is 4.03. The number of carbonyl (C=O) groups excluding carboxylic acids is 1. The van der Waals surface area contributed by atoms with Gasteiger partial charge in [0.05, 0.1) is 5.69 Å². The minimum absolute atomic E-state index is 0.0671. The van der Waals surface area contributed by atoms with E-state index in [0.717, 1.165) is 48.4 Å². The zero-order valence-electron chi connectivity index (χ0n) is 16.3. The summed E-state index contributed by atoms with van der Waals surface area (Å²) >= 11 is 0. The average molecular weight is 389 g/mol. The summed E-state index contributed by atoms with van der Waals surface area (Å²) in [6, 6.07) is 14.3. The molecule has 0 aliphatic carbocycles. The molecule has 0 radical (unpaired) electrons. The maximum absolute atomic E-state index is 12.8. The van der Waals surface area contributed by atoms with E-state index < -0.39 is 0 Å². The molecule has 7 nitrogen and oxygen atoms in total. The van der Waals surface area contributed by atoms with Crippen molar-refractivity contribution >= 4 is 28.7 Å². The van der Waals surface area contributed by atoms with Gasteiger partial charge in [-0.15, -0.1) is 0 Å². The zero-order valence-corrected chi connectivity index (χ0v) is 16.3. The van der Waals surface area contributed by atoms with Crippen molar-refractivity contribution in [2.45, 2.75) is 19.8 Å². The van der Waals surface area contributed by atoms with Gasteiger partial charge in [-0.25, -0.2) is 4.98 Å². The molecule has 4 aromatic rings. The Kier molecular flexibility index (Phi) is 4.42. The van der Waals surface area contributed by atoms with Gasteiger partial charge in [0.15, 0.2) is 5.58 Å². The topological polar surface area (TPSA) is 75.7 Å². The predicted molar refractivity (Wildman–Crippen MR) is 111 cm³/mol. The van der Waals surface area contributed by atoms with Crippen LogP contribution in [0.1, 0.15) is 29.0 Å². The molecule has 3 aromatic heterocycles. The van der Waals surface area contributed by atoms with Crippen LogP contribution in [0.25, 0.3) is 16.7 Å². The third kappa shape index (κ3) is 3.33. The van der Waals surface area contributed by atoms with Crippen molar-refractivity contribution in [3.8, 4) is 0 Å². The van der Waals surface area contributed by atoms with E-state index in [9.17, 15) is 4.79 Å². The summed E-state index contributed by atoms with van der Waals surface area (Å²) in [6.07, 6.45) is 3.86. The van der Waals surface area contributed by atoms with Crippen LogP contribution in [0.15, 0.2) is 53.1 Å². The van der Waals surface area contributed by atoms with E-state index in [4.69, 9.17) is 4.42 Å². The minimum Gasteiger partial charge on any atom is -0.423 e. The fourth-order valence-corrected chi connectivity index (χ4v) is 4.03. The summed E-state index contributed by atoms with van der Waals surface area (Å²) in [5, 5.41) is 3.11. The SMILES string of the molecule is Cc1nc2ccccn2c1C(=O)NCC1CCN(c2nc3ccccc3o2)CC1. The van der Waals surface area contributed by atoms with Crippen LogP contribution < -0.4 is 10.2 Å². The van der Waals surface area contributed by atoms with Gasteiger partial charge in [0.2, 0.25) is 0 Å². The number of aryl methyl sites for hydroxylation is 1. The summed E-state index contributed by atoms with van der Waals surface area (Å²) in [7, 11) is 0. The standard InChI is InChI=1S/C22H23N5O2/c1-15-20(27-11-5-4-8-19(27)24-15)21(28)23-14-16-9-12-26(13-10-16)22-25-17-6-2-3-7-18(17)29-22/h2-8,11,16H,9-10,12-14H2,1H3,(H,23,28). The molecule has 4 heterocycles. The first kappa shape index (κ1) is 17.7. The number of para-hydroxylation sites is 2. The lowest BCUT2D eigenvalue weighted by Crippen LogP contribution is -2.39. The van der Waals surface area contributed by atoms with Crippen molar-refractivity contribution in [1.29, 1.82) is 0 Å². The van der Waals surface area contributed by atoms with Crippen LogP contribution in [0.4, 0.5) is 6.01 Å². The van der Waals surface area contributed by atoms with Crippen molar-refractivity contribution in [2.75, 3.05) is 24.5 Å². The lowest BCUT2D eigenvalue weighted by molar-refractivity contribution is 0.0938. The highest BCUT2D eigenvalue weighted by Crippen LogP contribution is 2.26. The van der Waals surface area contributed by atoms with E-state index in [2.05, 4.69) is 20.2 Å². The van der Waals surface area contributed by atoms with Crippen LogP contribution in [-0.2, 0) is 0 Å². The van der Waals surface area contributed by atoms with E-state index >= 15 is 0 Å². The number of hydrogen-bond acceptors (Lipinski definition) is 5. The van der Waals surface area contributed by atoms with Crippen molar-refractivity contribution in [3.63, 3.8) is 0 Å². The van der Waals surface area contributed by atoms with Gasteiger partial charge in [0, 0.05) is 25.8 Å². The van der Waals surface area contributed by atoms with Crippen LogP contribution in [0.2, 0.25) is 0 Å². The van der Waals surface area contributed by atoms with Crippen LogP contribution in [0.5, 0.6) is 0 Å². The number of piperidine rings is 1. The van der Waals surface area contributed by atoms with Gasteiger partial charge < -0.3 is 14.6 Å². The number of oxazole rings is 1. The van der Waals surface area contributed by atoms with E-state index in [1.165, 1.54) is 0 Å². The van der Waals surface area contributed by atoms with Crippen LogP contribution in [0.3, 0.4) is 0 Å². The first-order valence-electron chi connectivity index (χ1n) is 10.0. The summed E-state index contributed by atoms with van der Waals surface area (Å²) in [5.74, 6) is 0.377. The third-order valence-corrected chi connectivity index (χ3v) is 5.64. The third-order valence-electron chi connectivity index (χ3n) is 5.64. The highest BCUT2D eigenvalue weighted by atomic mass is 16.4. The zero-order chi connectivity index (χ0) is 19.8. The van der Waals surface area contributed by atoms with Gasteiger partial charge in [-0.05, 0) is 49.9 Å². The monoisotopic (exact) mass is 389 g/mol. The summed E-state index contributed by atoms with van der Waals surface area (Å²) in [5.41, 5.74) is 3.87. The Morgan fingerprint density at radius 2 is 1.93 bits per heavy atom. The second kappa shape index (κ2) is 7.24. The van der Waals surface area contributed by atoms with Gasteiger partial charge in [0.1, 0.15) is 16.9 Å². The molecule has 5 rings (SSSR count). The molecule has 0 bridgehead atoms. The first-order chi connectivity index (χ1) is 14.2. The molecule has 1 N–H and O–H groups in total. The van der Waals surface area contributed by atoms with Crippen LogP contribution in [0, 0.1) is 12.8 Å². The summed E-state index contributed by atoms with van der Waals surface area (Å²) in [4.78, 5) is 24.0. The van der Waals surface area contributed by atoms with E-state index in [1.54, 1.807) is 0 Å². The molecule has 148 valence electrons. The number of fused-ring (bicyclic) bond motifs is 2. The molecule has 0 spiro atoms. The average Bonchev–Trinajstić information content (AvgIpc) is 3.32. The molecule has 1 fully saturated rings. The normalized spacial score (nSPS) is 15.3.